The fourth-order valence-electron chi connectivity index (χ4n) is 1.27. The summed E-state index contributed by atoms with van der Waals surface area (Å²) in [5, 5.41) is 9.03. The van der Waals surface area contributed by atoms with Crippen molar-refractivity contribution < 1.29 is 13.5 Å². The van der Waals surface area contributed by atoms with Crippen LogP contribution in [0.15, 0.2) is 23.1 Å². The van der Waals surface area contributed by atoms with E-state index >= 15 is 0 Å². The van der Waals surface area contributed by atoms with Gasteiger partial charge in [-0.05, 0) is 24.6 Å². The Bertz CT molecular complexity index is 486. The van der Waals surface area contributed by atoms with E-state index in [-0.39, 0.29) is 16.5 Å². The minimum atomic E-state index is -3.73. The summed E-state index contributed by atoms with van der Waals surface area (Å²) in [7, 11) is -3.73. The lowest BCUT2D eigenvalue weighted by Crippen LogP contribution is -2.37. The summed E-state index contributed by atoms with van der Waals surface area (Å²) in [6.45, 7) is 1.51. The molecule has 0 saturated carbocycles. The van der Waals surface area contributed by atoms with Gasteiger partial charge in [0.1, 0.15) is 4.90 Å². The molecule has 7 heteroatoms. The molecular weight excluding hydrogens is 264 g/mol. The molecule has 0 fully saturated rings. The van der Waals surface area contributed by atoms with Crippen LogP contribution < -0.4 is 10.5 Å². The quantitative estimate of drug-likeness (QED) is 0.700. The van der Waals surface area contributed by atoms with Gasteiger partial charge in [0.15, 0.2) is 0 Å². The van der Waals surface area contributed by atoms with Gasteiger partial charge in [-0.2, -0.15) is 0 Å². The van der Waals surface area contributed by atoms with Gasteiger partial charge in [-0.3, -0.25) is 0 Å². The van der Waals surface area contributed by atoms with E-state index in [1.54, 1.807) is 6.92 Å². The highest BCUT2D eigenvalue weighted by molar-refractivity contribution is 7.89. The Balaban J connectivity index is 3.05. The first-order valence-electron chi connectivity index (χ1n) is 5.09. The number of nitrogen functional groups attached to an aromatic ring is 1. The molecular formula is C10H15ClN2O3S. The van der Waals surface area contributed by atoms with Crippen molar-refractivity contribution in [1.82, 2.24) is 4.72 Å². The van der Waals surface area contributed by atoms with Crippen LogP contribution in [0, 0.1) is 0 Å². The van der Waals surface area contributed by atoms with Crippen LogP contribution in [-0.4, -0.2) is 26.2 Å². The molecule has 0 bridgehead atoms. The Hall–Kier alpha value is -0.820. The van der Waals surface area contributed by atoms with Crippen molar-refractivity contribution in [2.75, 3.05) is 12.3 Å². The van der Waals surface area contributed by atoms with Gasteiger partial charge in [-0.15, -0.1) is 0 Å². The molecule has 0 aliphatic heterocycles. The normalized spacial score (nSPS) is 13.6. The summed E-state index contributed by atoms with van der Waals surface area (Å²) in [5.41, 5.74) is 5.88. The number of anilines is 1. The number of nitrogens with two attached hydrogens (primary N) is 1. The molecule has 0 spiro atoms. The van der Waals surface area contributed by atoms with E-state index < -0.39 is 16.1 Å². The van der Waals surface area contributed by atoms with E-state index in [1.165, 1.54) is 18.2 Å². The number of aliphatic hydroxyl groups is 1. The predicted octanol–water partition coefficient (Wildman–Crippen LogP) is 0.971. The maximum atomic E-state index is 11.9. The molecule has 1 aromatic rings. The Morgan fingerprint density at radius 3 is 2.65 bits per heavy atom. The molecule has 96 valence electrons. The van der Waals surface area contributed by atoms with Gasteiger partial charge in [-0.1, -0.05) is 18.5 Å². The van der Waals surface area contributed by atoms with Crippen LogP contribution >= 0.6 is 11.6 Å². The number of aliphatic hydroxyl groups excluding tert-OH is 1. The van der Waals surface area contributed by atoms with Gasteiger partial charge in [0.05, 0.1) is 11.6 Å². The summed E-state index contributed by atoms with van der Waals surface area (Å²) < 4.78 is 26.3. The molecule has 5 nitrogen and oxygen atoms in total. The van der Waals surface area contributed by atoms with E-state index in [0.29, 0.717) is 12.1 Å². The van der Waals surface area contributed by atoms with Crippen molar-refractivity contribution in [3.63, 3.8) is 0 Å². The van der Waals surface area contributed by atoms with Crippen molar-refractivity contribution in [3.05, 3.63) is 23.2 Å². The molecule has 1 aromatic carbocycles. The highest BCUT2D eigenvalue weighted by Gasteiger charge is 2.21. The average molecular weight is 279 g/mol. The van der Waals surface area contributed by atoms with Crippen LogP contribution in [0.5, 0.6) is 0 Å². The molecule has 1 atom stereocenters. The van der Waals surface area contributed by atoms with Gasteiger partial charge in [0, 0.05) is 11.7 Å². The lowest BCUT2D eigenvalue weighted by atomic mass is 10.3. The Morgan fingerprint density at radius 1 is 1.53 bits per heavy atom. The molecule has 0 radical (unpaired) electrons. The monoisotopic (exact) mass is 278 g/mol. The number of benzene rings is 1. The van der Waals surface area contributed by atoms with Gasteiger partial charge < -0.3 is 10.8 Å². The fourth-order valence-corrected chi connectivity index (χ4v) is 3.13. The zero-order valence-electron chi connectivity index (χ0n) is 9.35. The van der Waals surface area contributed by atoms with Gasteiger partial charge in [-0.25, -0.2) is 13.1 Å². The Kier molecular flexibility index (Phi) is 4.76. The van der Waals surface area contributed by atoms with Crippen LogP contribution in [0.25, 0.3) is 0 Å². The lowest BCUT2D eigenvalue weighted by molar-refractivity contribution is 0.254. The second kappa shape index (κ2) is 5.68. The molecule has 4 N–H and O–H groups in total. The summed E-state index contributed by atoms with van der Waals surface area (Å²) in [6.07, 6.45) is 0.488. The van der Waals surface area contributed by atoms with Crippen LogP contribution in [0.2, 0.25) is 5.02 Å². The lowest BCUT2D eigenvalue weighted by Gasteiger charge is -2.15. The van der Waals surface area contributed by atoms with E-state index in [2.05, 4.69) is 4.72 Å². The topological polar surface area (TPSA) is 92.4 Å². The molecule has 17 heavy (non-hydrogen) atoms. The standard InChI is InChI=1S/C10H15ClN2O3S/c1-2-8(6-14)13-17(15,16)10-4-3-7(12)5-9(10)11/h3-5,8,13-14H,2,6,12H2,1H3/t8-/m1/s1. The molecule has 0 aliphatic rings. The first kappa shape index (κ1) is 14.2. The Morgan fingerprint density at radius 2 is 2.18 bits per heavy atom. The molecule has 0 amide bonds. The number of sulfonamides is 1. The molecule has 0 heterocycles. The maximum Gasteiger partial charge on any atom is 0.242 e. The molecule has 0 saturated heterocycles. The Labute approximate surface area is 106 Å². The van der Waals surface area contributed by atoms with Gasteiger partial charge >= 0.3 is 0 Å². The van der Waals surface area contributed by atoms with Crippen LogP contribution in [-0.2, 0) is 10.0 Å². The third kappa shape index (κ3) is 3.57. The number of nitrogens with one attached hydrogen (secondary N) is 1. The third-order valence-corrected chi connectivity index (χ3v) is 4.28. The number of hydrogen-bond acceptors (Lipinski definition) is 4. The minimum Gasteiger partial charge on any atom is -0.399 e. The zero-order valence-corrected chi connectivity index (χ0v) is 10.9. The molecule has 0 aliphatic carbocycles. The van der Waals surface area contributed by atoms with Crippen molar-refractivity contribution in [1.29, 1.82) is 0 Å². The number of rotatable bonds is 5. The van der Waals surface area contributed by atoms with Gasteiger partial charge in [0.2, 0.25) is 10.0 Å². The van der Waals surface area contributed by atoms with Gasteiger partial charge in [0.25, 0.3) is 0 Å². The SMILES string of the molecule is CC[C@H](CO)NS(=O)(=O)c1ccc(N)cc1Cl. The second-order valence-corrected chi connectivity index (χ2v) is 5.69. The highest BCUT2D eigenvalue weighted by atomic mass is 35.5. The largest absolute Gasteiger partial charge is 0.399 e. The first-order chi connectivity index (χ1) is 7.90. The fraction of sp³-hybridized carbons (Fsp3) is 0.400. The van der Waals surface area contributed by atoms with Crippen molar-refractivity contribution in [2.24, 2.45) is 0 Å². The summed E-state index contributed by atoms with van der Waals surface area (Å²) in [6, 6.07) is 3.65. The van der Waals surface area contributed by atoms with E-state index in [4.69, 9.17) is 22.4 Å². The second-order valence-electron chi connectivity index (χ2n) is 3.60. The minimum absolute atomic E-state index is 0.0414. The van der Waals surface area contributed by atoms with E-state index in [1.807, 2.05) is 0 Å². The number of halogens is 1. The van der Waals surface area contributed by atoms with Crippen LogP contribution in [0.3, 0.4) is 0 Å². The zero-order chi connectivity index (χ0) is 13.1. The first-order valence-corrected chi connectivity index (χ1v) is 6.95. The van der Waals surface area contributed by atoms with Crippen molar-refractivity contribution in [3.8, 4) is 0 Å². The van der Waals surface area contributed by atoms with Crippen molar-refractivity contribution >= 4 is 27.3 Å². The highest BCUT2D eigenvalue weighted by Crippen LogP contribution is 2.23. The van der Waals surface area contributed by atoms with E-state index in [9.17, 15) is 8.42 Å². The predicted molar refractivity (Wildman–Crippen MR) is 67.4 cm³/mol. The summed E-state index contributed by atoms with van der Waals surface area (Å²) in [5.74, 6) is 0. The molecule has 0 unspecified atom stereocenters. The maximum absolute atomic E-state index is 11.9. The average Bonchev–Trinajstić information content (AvgIpc) is 2.25. The molecule has 0 aromatic heterocycles. The third-order valence-electron chi connectivity index (χ3n) is 2.28. The van der Waals surface area contributed by atoms with E-state index in [0.717, 1.165) is 0 Å². The summed E-state index contributed by atoms with van der Waals surface area (Å²) >= 11 is 5.82. The number of hydrogen-bond donors (Lipinski definition) is 3. The summed E-state index contributed by atoms with van der Waals surface area (Å²) in [4.78, 5) is -0.0414. The van der Waals surface area contributed by atoms with Crippen LogP contribution in [0.1, 0.15) is 13.3 Å². The molecule has 1 rings (SSSR count). The van der Waals surface area contributed by atoms with Crippen molar-refractivity contribution in [2.45, 2.75) is 24.3 Å². The smallest absolute Gasteiger partial charge is 0.242 e. The van der Waals surface area contributed by atoms with Crippen LogP contribution in [0.4, 0.5) is 5.69 Å².